The van der Waals surface area contributed by atoms with Crippen molar-refractivity contribution in [3.05, 3.63) is 48.3 Å². The minimum Gasteiger partial charge on any atom is -0.357 e. The molecular weight excluding hydrogens is 340 g/mol. The Morgan fingerprint density at radius 2 is 2.16 bits per heavy atom. The molecule has 1 aromatic carbocycles. The first kappa shape index (κ1) is 18.9. The lowest BCUT2D eigenvalue weighted by atomic mass is 10.2. The summed E-state index contributed by atoms with van der Waals surface area (Å²) in [5, 5.41) is 15.7. The number of nitrogens with one attached hydrogen (secondary N) is 2. The molecule has 136 valence electrons. The molecule has 0 aliphatic rings. The van der Waals surface area contributed by atoms with E-state index in [2.05, 4.69) is 20.7 Å². The van der Waals surface area contributed by atoms with Gasteiger partial charge in [-0.05, 0) is 37.1 Å². The highest BCUT2D eigenvalue weighted by Crippen LogP contribution is 2.10. The van der Waals surface area contributed by atoms with E-state index in [0.29, 0.717) is 12.5 Å². The lowest BCUT2D eigenvalue weighted by Gasteiger charge is -2.11. The average Bonchev–Trinajstić information content (AvgIpc) is 3.09. The van der Waals surface area contributed by atoms with Gasteiger partial charge in [0.05, 0.1) is 11.4 Å². The number of benzene rings is 1. The van der Waals surface area contributed by atoms with Gasteiger partial charge in [0.2, 0.25) is 10.0 Å². The summed E-state index contributed by atoms with van der Waals surface area (Å²) in [7, 11) is -3.70. The molecule has 0 spiro atoms. The fourth-order valence-corrected chi connectivity index (χ4v) is 2.80. The Morgan fingerprint density at radius 1 is 1.32 bits per heavy atom. The molecule has 1 heterocycles. The molecule has 25 heavy (non-hydrogen) atoms. The van der Waals surface area contributed by atoms with Crippen LogP contribution in [0.2, 0.25) is 0 Å². The van der Waals surface area contributed by atoms with Gasteiger partial charge in [-0.25, -0.2) is 18.5 Å². The smallest absolute Gasteiger partial charge is 0.238 e. The summed E-state index contributed by atoms with van der Waals surface area (Å²) < 4.78 is 24.7. The van der Waals surface area contributed by atoms with Crippen LogP contribution < -0.4 is 15.8 Å². The van der Waals surface area contributed by atoms with Crippen LogP contribution in [0.1, 0.15) is 18.9 Å². The summed E-state index contributed by atoms with van der Waals surface area (Å²) >= 11 is 0. The van der Waals surface area contributed by atoms with Gasteiger partial charge in [0, 0.05) is 32.0 Å². The molecule has 1 aromatic heterocycles. The average molecular weight is 364 g/mol. The molecule has 0 atom stereocenters. The van der Waals surface area contributed by atoms with Crippen molar-refractivity contribution in [2.75, 3.05) is 13.1 Å². The van der Waals surface area contributed by atoms with Gasteiger partial charge in [0.25, 0.3) is 0 Å². The number of primary sulfonamides is 1. The zero-order valence-corrected chi connectivity index (χ0v) is 15.0. The number of guanidine groups is 1. The first-order valence-electron chi connectivity index (χ1n) is 8.10. The van der Waals surface area contributed by atoms with E-state index in [9.17, 15) is 8.42 Å². The van der Waals surface area contributed by atoms with Gasteiger partial charge in [-0.15, -0.1) is 0 Å². The number of sulfonamides is 1. The third-order valence-corrected chi connectivity index (χ3v) is 4.32. The highest BCUT2D eigenvalue weighted by atomic mass is 32.2. The van der Waals surface area contributed by atoms with Crippen molar-refractivity contribution in [1.82, 2.24) is 20.4 Å². The van der Waals surface area contributed by atoms with Crippen molar-refractivity contribution in [3.8, 4) is 0 Å². The lowest BCUT2D eigenvalue weighted by Crippen LogP contribution is -2.38. The van der Waals surface area contributed by atoms with Crippen molar-refractivity contribution >= 4 is 16.0 Å². The number of nitrogens with two attached hydrogens (primary N) is 1. The quantitative estimate of drug-likeness (QED) is 0.362. The summed E-state index contributed by atoms with van der Waals surface area (Å²) in [6, 6.07) is 8.39. The van der Waals surface area contributed by atoms with Gasteiger partial charge in [0.15, 0.2) is 5.96 Å². The number of aliphatic imine (C=N–C) groups is 1. The van der Waals surface area contributed by atoms with Crippen molar-refractivity contribution in [2.45, 2.75) is 31.3 Å². The summed E-state index contributed by atoms with van der Waals surface area (Å²) in [5.41, 5.74) is 0.778. The van der Waals surface area contributed by atoms with Gasteiger partial charge in [-0.2, -0.15) is 5.10 Å². The molecule has 0 aliphatic heterocycles. The van der Waals surface area contributed by atoms with E-state index in [0.717, 1.165) is 31.6 Å². The maximum Gasteiger partial charge on any atom is 0.238 e. The lowest BCUT2D eigenvalue weighted by molar-refractivity contribution is 0.570. The molecule has 8 nitrogen and oxygen atoms in total. The maximum atomic E-state index is 11.4. The van der Waals surface area contributed by atoms with Gasteiger partial charge in [-0.3, -0.25) is 4.68 Å². The van der Waals surface area contributed by atoms with Crippen LogP contribution in [-0.4, -0.2) is 37.2 Å². The zero-order valence-electron chi connectivity index (χ0n) is 14.2. The van der Waals surface area contributed by atoms with E-state index in [4.69, 9.17) is 5.14 Å². The summed E-state index contributed by atoms with van der Waals surface area (Å²) in [6.07, 6.45) is 4.60. The summed E-state index contributed by atoms with van der Waals surface area (Å²) in [5.74, 6) is 0.684. The maximum absolute atomic E-state index is 11.4. The Labute approximate surface area is 148 Å². The molecule has 2 aromatic rings. The normalized spacial score (nSPS) is 12.2. The second-order valence-electron chi connectivity index (χ2n) is 5.44. The van der Waals surface area contributed by atoms with Crippen LogP contribution in [0.25, 0.3) is 0 Å². The third-order valence-electron chi connectivity index (χ3n) is 3.41. The first-order chi connectivity index (χ1) is 12.0. The minimum absolute atomic E-state index is 0.0948. The topological polar surface area (TPSA) is 114 Å². The van der Waals surface area contributed by atoms with E-state index in [1.54, 1.807) is 18.3 Å². The summed E-state index contributed by atoms with van der Waals surface area (Å²) in [4.78, 5) is 4.57. The van der Waals surface area contributed by atoms with Gasteiger partial charge < -0.3 is 10.6 Å². The molecule has 0 saturated heterocycles. The Bertz CT molecular complexity index is 787. The highest BCUT2D eigenvalue weighted by Gasteiger charge is 2.07. The number of aromatic nitrogens is 2. The molecule has 0 saturated carbocycles. The predicted molar refractivity (Wildman–Crippen MR) is 97.5 cm³/mol. The molecular formula is C16H24N6O2S. The van der Waals surface area contributed by atoms with Crippen LogP contribution in [0.3, 0.4) is 0 Å². The predicted octanol–water partition coefficient (Wildman–Crippen LogP) is 0.676. The van der Waals surface area contributed by atoms with E-state index >= 15 is 0 Å². The van der Waals surface area contributed by atoms with Crippen molar-refractivity contribution in [1.29, 1.82) is 0 Å². The fraction of sp³-hybridized carbons (Fsp3) is 0.375. The van der Waals surface area contributed by atoms with Crippen LogP contribution in [-0.2, 0) is 23.1 Å². The molecule has 0 fully saturated rings. The van der Waals surface area contributed by atoms with Crippen LogP contribution in [0, 0.1) is 0 Å². The van der Waals surface area contributed by atoms with E-state index in [-0.39, 0.29) is 4.90 Å². The Balaban J connectivity index is 1.90. The number of nitrogens with zero attached hydrogens (tertiary/aromatic N) is 3. The van der Waals surface area contributed by atoms with E-state index < -0.39 is 10.0 Å². The molecule has 0 amide bonds. The summed E-state index contributed by atoms with van der Waals surface area (Å²) in [6.45, 7) is 4.67. The standard InChI is InChI=1S/C16H24N6O2S/c1-2-18-16(19-8-4-10-22-11-5-9-21-22)20-13-14-6-3-7-15(12-14)25(17,23)24/h3,5-7,9,11-12H,2,4,8,10,13H2,1H3,(H2,17,23,24)(H2,18,19,20). The minimum atomic E-state index is -3.70. The Kier molecular flexibility index (Phi) is 6.96. The second kappa shape index (κ2) is 9.19. The first-order valence-corrected chi connectivity index (χ1v) is 9.65. The van der Waals surface area contributed by atoms with Crippen LogP contribution in [0.15, 0.2) is 52.6 Å². The Morgan fingerprint density at radius 3 is 2.84 bits per heavy atom. The van der Waals surface area contributed by atoms with Crippen molar-refractivity contribution in [3.63, 3.8) is 0 Å². The number of hydrogen-bond donors (Lipinski definition) is 3. The van der Waals surface area contributed by atoms with Crippen LogP contribution in [0.5, 0.6) is 0 Å². The molecule has 0 aliphatic carbocycles. The van der Waals surface area contributed by atoms with Gasteiger partial charge in [-0.1, -0.05) is 12.1 Å². The van der Waals surface area contributed by atoms with Crippen LogP contribution >= 0.6 is 0 Å². The van der Waals surface area contributed by atoms with Gasteiger partial charge in [0.1, 0.15) is 0 Å². The SMILES string of the molecule is CCNC(=NCc1cccc(S(N)(=O)=O)c1)NCCCn1cccn1. The highest BCUT2D eigenvalue weighted by molar-refractivity contribution is 7.89. The third kappa shape index (κ3) is 6.55. The van der Waals surface area contributed by atoms with Gasteiger partial charge >= 0.3 is 0 Å². The molecule has 2 rings (SSSR count). The fourth-order valence-electron chi connectivity index (χ4n) is 2.21. The largest absolute Gasteiger partial charge is 0.357 e. The molecule has 0 radical (unpaired) electrons. The molecule has 0 bridgehead atoms. The Hall–Kier alpha value is -2.39. The molecule has 0 unspecified atom stereocenters. The van der Waals surface area contributed by atoms with Crippen LogP contribution in [0.4, 0.5) is 0 Å². The zero-order chi connectivity index (χ0) is 18.1. The van der Waals surface area contributed by atoms with E-state index in [1.165, 1.54) is 6.07 Å². The number of aryl methyl sites for hydroxylation is 1. The second-order valence-corrected chi connectivity index (χ2v) is 7.00. The molecule has 9 heteroatoms. The van der Waals surface area contributed by atoms with Crippen molar-refractivity contribution < 1.29 is 8.42 Å². The van der Waals surface area contributed by atoms with E-state index in [1.807, 2.05) is 29.9 Å². The van der Waals surface area contributed by atoms with Crippen molar-refractivity contribution in [2.24, 2.45) is 10.1 Å². The molecule has 4 N–H and O–H groups in total. The monoisotopic (exact) mass is 364 g/mol. The number of rotatable bonds is 8. The number of hydrogen-bond acceptors (Lipinski definition) is 4.